The molecule has 0 bridgehead atoms. The predicted octanol–water partition coefficient (Wildman–Crippen LogP) is 2.18. The van der Waals surface area contributed by atoms with E-state index in [0.717, 1.165) is 18.9 Å². The Hall–Kier alpha value is -0.610. The van der Waals surface area contributed by atoms with Crippen molar-refractivity contribution in [2.75, 3.05) is 20.2 Å². The molecular formula is C16H30N2O2. The van der Waals surface area contributed by atoms with Crippen molar-refractivity contribution in [1.29, 1.82) is 0 Å². The zero-order chi connectivity index (χ0) is 14.8. The highest BCUT2D eigenvalue weighted by Gasteiger charge is 2.39. The van der Waals surface area contributed by atoms with Crippen LogP contribution in [0.5, 0.6) is 0 Å². The summed E-state index contributed by atoms with van der Waals surface area (Å²) in [6.07, 6.45) is 5.93. The summed E-state index contributed by atoms with van der Waals surface area (Å²) in [5.74, 6) is 0.762. The lowest BCUT2D eigenvalue weighted by Crippen LogP contribution is -2.53. The number of nitrogens with zero attached hydrogens (tertiary/aromatic N) is 1. The number of hydrogen-bond acceptors (Lipinski definition) is 4. The van der Waals surface area contributed by atoms with Gasteiger partial charge in [0.2, 0.25) is 0 Å². The maximum Gasteiger partial charge on any atom is 0.325 e. The van der Waals surface area contributed by atoms with Crippen molar-refractivity contribution in [1.82, 2.24) is 10.2 Å². The second kappa shape index (κ2) is 6.44. The van der Waals surface area contributed by atoms with Crippen LogP contribution in [0.4, 0.5) is 0 Å². The summed E-state index contributed by atoms with van der Waals surface area (Å²) in [4.78, 5) is 14.6. The van der Waals surface area contributed by atoms with E-state index < -0.39 is 5.54 Å². The van der Waals surface area contributed by atoms with E-state index in [1.165, 1.54) is 39.3 Å². The lowest BCUT2D eigenvalue weighted by Gasteiger charge is -2.33. The first kappa shape index (κ1) is 15.8. The molecule has 0 amide bonds. The summed E-state index contributed by atoms with van der Waals surface area (Å²) in [7, 11) is 1.49. The molecule has 1 unspecified atom stereocenters. The Morgan fingerprint density at radius 3 is 2.45 bits per heavy atom. The number of carbonyl (C=O) groups excluding carboxylic acids is 1. The van der Waals surface area contributed by atoms with Gasteiger partial charge < -0.3 is 9.64 Å². The van der Waals surface area contributed by atoms with E-state index >= 15 is 0 Å². The van der Waals surface area contributed by atoms with E-state index in [9.17, 15) is 4.79 Å². The van der Waals surface area contributed by atoms with Crippen molar-refractivity contribution in [2.45, 2.75) is 70.5 Å². The second-order valence-corrected chi connectivity index (χ2v) is 7.02. The molecule has 1 N–H and O–H groups in total. The Balaban J connectivity index is 1.89. The van der Waals surface area contributed by atoms with Gasteiger partial charge >= 0.3 is 5.97 Å². The van der Waals surface area contributed by atoms with E-state index in [-0.39, 0.29) is 5.97 Å². The van der Waals surface area contributed by atoms with E-state index in [4.69, 9.17) is 4.74 Å². The highest BCUT2D eigenvalue weighted by atomic mass is 16.5. The largest absolute Gasteiger partial charge is 0.468 e. The van der Waals surface area contributed by atoms with Gasteiger partial charge in [0, 0.05) is 25.2 Å². The first-order chi connectivity index (χ1) is 9.44. The zero-order valence-corrected chi connectivity index (χ0v) is 13.4. The molecule has 2 rings (SSSR count). The summed E-state index contributed by atoms with van der Waals surface area (Å²) >= 11 is 0. The van der Waals surface area contributed by atoms with Gasteiger partial charge in [-0.1, -0.05) is 0 Å². The molecule has 0 spiro atoms. The van der Waals surface area contributed by atoms with Gasteiger partial charge in [-0.15, -0.1) is 0 Å². The number of rotatable bonds is 9. The quantitative estimate of drug-likeness (QED) is 0.658. The molecule has 2 saturated carbocycles. The fourth-order valence-electron chi connectivity index (χ4n) is 2.70. The SMILES string of the molecule is COC(=O)C(C)(CCN(CC1CC1)C(C)C)NC1CC1. The van der Waals surface area contributed by atoms with Crippen molar-refractivity contribution in [3.8, 4) is 0 Å². The molecule has 1 atom stereocenters. The van der Waals surface area contributed by atoms with Crippen LogP contribution in [-0.2, 0) is 9.53 Å². The van der Waals surface area contributed by atoms with Gasteiger partial charge in [0.15, 0.2) is 0 Å². The minimum atomic E-state index is -0.535. The third kappa shape index (κ3) is 4.45. The molecule has 0 aliphatic heterocycles. The van der Waals surface area contributed by atoms with Gasteiger partial charge in [0.05, 0.1) is 7.11 Å². The third-order valence-corrected chi connectivity index (χ3v) is 4.55. The molecule has 0 aromatic heterocycles. The summed E-state index contributed by atoms with van der Waals surface area (Å²) in [6, 6.07) is 1.05. The number of methoxy groups -OCH3 is 1. The molecule has 2 aliphatic rings. The number of hydrogen-bond donors (Lipinski definition) is 1. The lowest BCUT2D eigenvalue weighted by atomic mass is 9.96. The minimum Gasteiger partial charge on any atom is -0.468 e. The van der Waals surface area contributed by atoms with Crippen LogP contribution in [0.3, 0.4) is 0 Å². The van der Waals surface area contributed by atoms with Crippen LogP contribution in [0.1, 0.15) is 52.9 Å². The van der Waals surface area contributed by atoms with Gasteiger partial charge in [-0.25, -0.2) is 0 Å². The van der Waals surface area contributed by atoms with E-state index in [0.29, 0.717) is 12.1 Å². The molecular weight excluding hydrogens is 252 g/mol. The topological polar surface area (TPSA) is 41.6 Å². The predicted molar refractivity (Wildman–Crippen MR) is 80.6 cm³/mol. The first-order valence-corrected chi connectivity index (χ1v) is 8.05. The molecule has 2 fully saturated rings. The Bertz CT molecular complexity index is 337. The standard InChI is InChI=1S/C16H30N2O2/c1-12(2)18(11-13-5-6-13)10-9-16(3,15(19)20-4)17-14-7-8-14/h12-14,17H,5-11H2,1-4H3. The fraction of sp³-hybridized carbons (Fsp3) is 0.938. The summed E-state index contributed by atoms with van der Waals surface area (Å²) in [5.41, 5.74) is -0.535. The molecule has 0 aromatic carbocycles. The number of carbonyl (C=O) groups is 1. The normalized spacial score (nSPS) is 22.1. The average molecular weight is 282 g/mol. The van der Waals surface area contributed by atoms with Crippen molar-refractivity contribution in [2.24, 2.45) is 5.92 Å². The fourth-order valence-corrected chi connectivity index (χ4v) is 2.70. The molecule has 4 nitrogen and oxygen atoms in total. The Labute approximate surface area is 123 Å². The highest BCUT2D eigenvalue weighted by molar-refractivity contribution is 5.80. The smallest absolute Gasteiger partial charge is 0.325 e. The van der Waals surface area contributed by atoms with Crippen LogP contribution < -0.4 is 5.32 Å². The van der Waals surface area contributed by atoms with Crippen LogP contribution in [0.15, 0.2) is 0 Å². The maximum atomic E-state index is 12.1. The number of nitrogens with one attached hydrogen (secondary N) is 1. The summed E-state index contributed by atoms with van der Waals surface area (Å²) in [6.45, 7) is 8.61. The first-order valence-electron chi connectivity index (χ1n) is 8.05. The highest BCUT2D eigenvalue weighted by Crippen LogP contribution is 2.31. The molecule has 0 aromatic rings. The second-order valence-electron chi connectivity index (χ2n) is 7.02. The number of esters is 1. The maximum absolute atomic E-state index is 12.1. The van der Waals surface area contributed by atoms with E-state index in [1.54, 1.807) is 0 Å². The zero-order valence-electron chi connectivity index (χ0n) is 13.4. The van der Waals surface area contributed by atoms with Crippen LogP contribution in [-0.4, -0.2) is 48.7 Å². The van der Waals surface area contributed by atoms with Crippen molar-refractivity contribution in [3.63, 3.8) is 0 Å². The van der Waals surface area contributed by atoms with Crippen LogP contribution >= 0.6 is 0 Å². The Kier molecular flexibility index (Phi) is 5.08. The summed E-state index contributed by atoms with van der Waals surface area (Å²) in [5, 5.41) is 3.48. The summed E-state index contributed by atoms with van der Waals surface area (Å²) < 4.78 is 5.01. The van der Waals surface area contributed by atoms with E-state index in [2.05, 4.69) is 24.1 Å². The van der Waals surface area contributed by atoms with Crippen LogP contribution in [0.25, 0.3) is 0 Å². The number of ether oxygens (including phenoxy) is 1. The molecule has 4 heteroatoms. The van der Waals surface area contributed by atoms with Gasteiger partial charge in [-0.3, -0.25) is 10.1 Å². The Morgan fingerprint density at radius 2 is 2.00 bits per heavy atom. The van der Waals surface area contributed by atoms with Gasteiger partial charge in [-0.2, -0.15) is 0 Å². The molecule has 116 valence electrons. The average Bonchev–Trinajstić information content (AvgIpc) is 3.28. The van der Waals surface area contributed by atoms with Crippen LogP contribution in [0.2, 0.25) is 0 Å². The monoisotopic (exact) mass is 282 g/mol. The minimum absolute atomic E-state index is 0.125. The van der Waals surface area contributed by atoms with Gasteiger partial charge in [-0.05, 0) is 58.8 Å². The van der Waals surface area contributed by atoms with Crippen molar-refractivity contribution in [3.05, 3.63) is 0 Å². The third-order valence-electron chi connectivity index (χ3n) is 4.55. The van der Waals surface area contributed by atoms with Crippen molar-refractivity contribution >= 4 is 5.97 Å². The van der Waals surface area contributed by atoms with E-state index in [1.807, 2.05) is 6.92 Å². The molecule has 0 heterocycles. The molecule has 0 saturated heterocycles. The Morgan fingerprint density at radius 1 is 1.35 bits per heavy atom. The lowest BCUT2D eigenvalue weighted by molar-refractivity contribution is -0.148. The van der Waals surface area contributed by atoms with Crippen molar-refractivity contribution < 1.29 is 9.53 Å². The van der Waals surface area contributed by atoms with Gasteiger partial charge in [0.25, 0.3) is 0 Å². The van der Waals surface area contributed by atoms with Gasteiger partial charge in [0.1, 0.15) is 5.54 Å². The molecule has 2 aliphatic carbocycles. The molecule has 0 radical (unpaired) electrons. The van der Waals surface area contributed by atoms with Crippen LogP contribution in [0, 0.1) is 5.92 Å². The molecule has 20 heavy (non-hydrogen) atoms.